The molecule has 0 spiro atoms. The summed E-state index contributed by atoms with van der Waals surface area (Å²) in [4.78, 5) is 35.9. The topological polar surface area (TPSA) is 97.7 Å². The van der Waals surface area contributed by atoms with Crippen LogP contribution in [0.2, 0.25) is 0 Å². The Kier molecular flexibility index (Phi) is 11.9. The first-order valence-electron chi connectivity index (χ1n) is 8.20. The summed E-state index contributed by atoms with van der Waals surface area (Å²) in [5.74, 6) is -2.59. The van der Waals surface area contributed by atoms with Gasteiger partial charge in [-0.1, -0.05) is 38.1 Å². The van der Waals surface area contributed by atoms with Crippen molar-refractivity contribution >= 4 is 23.5 Å². The molecular formula is C20H20NNa2O5+. The molecule has 0 saturated heterocycles. The third kappa shape index (κ3) is 7.70. The number of aromatic carboxylic acids is 1. The van der Waals surface area contributed by atoms with Crippen molar-refractivity contribution in [1.29, 1.82) is 0 Å². The quantitative estimate of drug-likeness (QED) is 0.476. The van der Waals surface area contributed by atoms with Gasteiger partial charge in [-0.2, -0.15) is 0 Å². The number of nitrogens with zero attached hydrogens (tertiary/aromatic N) is 1. The SMILES string of the molecule is CC(C)c1ccc(N(CC(=O)[O-])C(=O)Cc2cccc(C(=O)O)c2)cc1.[Na+].[Na+]. The number of hydrogen-bond donors (Lipinski definition) is 1. The molecule has 1 N–H and O–H groups in total. The van der Waals surface area contributed by atoms with E-state index >= 15 is 0 Å². The molecule has 0 bridgehead atoms. The molecule has 1 amide bonds. The van der Waals surface area contributed by atoms with Crippen molar-refractivity contribution in [2.75, 3.05) is 11.4 Å². The van der Waals surface area contributed by atoms with Crippen molar-refractivity contribution in [3.05, 3.63) is 65.2 Å². The summed E-state index contributed by atoms with van der Waals surface area (Å²) in [6.07, 6.45) is -0.111. The molecule has 6 nitrogen and oxygen atoms in total. The van der Waals surface area contributed by atoms with Crippen LogP contribution in [0.1, 0.15) is 41.3 Å². The fourth-order valence-corrected chi connectivity index (χ4v) is 2.58. The third-order valence-electron chi connectivity index (χ3n) is 3.99. The zero-order valence-electron chi connectivity index (χ0n) is 16.6. The zero-order valence-corrected chi connectivity index (χ0v) is 20.6. The molecule has 2 aromatic rings. The second-order valence-corrected chi connectivity index (χ2v) is 6.28. The second-order valence-electron chi connectivity index (χ2n) is 6.28. The first kappa shape index (κ1) is 26.9. The molecule has 0 heterocycles. The molecule has 28 heavy (non-hydrogen) atoms. The number of aliphatic carboxylic acids is 1. The van der Waals surface area contributed by atoms with E-state index in [1.54, 1.807) is 24.3 Å². The van der Waals surface area contributed by atoms with Gasteiger partial charge in [-0.25, -0.2) is 4.79 Å². The Morgan fingerprint density at radius 3 is 2.14 bits per heavy atom. The zero-order chi connectivity index (χ0) is 19.3. The first-order chi connectivity index (χ1) is 12.3. The normalized spacial score (nSPS) is 9.82. The summed E-state index contributed by atoms with van der Waals surface area (Å²) in [6.45, 7) is 3.50. The standard InChI is InChI=1S/C20H21NO5.2Na/c1-13(2)15-6-8-17(9-7-15)21(12-19(23)24)18(22)11-14-4-3-5-16(10-14)20(25)26;;/h3-10,13H,11-12H2,1-2H3,(H,23,24)(H,25,26);;/q;2*+1/p-1. The van der Waals surface area contributed by atoms with Crippen molar-refractivity contribution in [2.45, 2.75) is 26.2 Å². The maximum absolute atomic E-state index is 12.6. The minimum Gasteiger partial charge on any atom is -0.548 e. The number of carbonyl (C=O) groups excluding carboxylic acids is 2. The van der Waals surface area contributed by atoms with Crippen molar-refractivity contribution in [3.63, 3.8) is 0 Å². The van der Waals surface area contributed by atoms with Crippen molar-refractivity contribution in [3.8, 4) is 0 Å². The Bertz CT molecular complexity index is 822. The molecule has 0 saturated carbocycles. The van der Waals surface area contributed by atoms with Gasteiger partial charge in [-0.05, 0) is 41.3 Å². The van der Waals surface area contributed by atoms with Gasteiger partial charge in [0, 0.05) is 5.69 Å². The minimum absolute atomic E-state index is 0. The van der Waals surface area contributed by atoms with Crippen LogP contribution < -0.4 is 69.1 Å². The molecule has 136 valence electrons. The molecule has 0 aliphatic heterocycles. The minimum atomic E-state index is -1.37. The number of anilines is 1. The van der Waals surface area contributed by atoms with Crippen molar-refractivity contribution in [2.24, 2.45) is 0 Å². The van der Waals surface area contributed by atoms with Crippen LogP contribution in [0.4, 0.5) is 5.69 Å². The van der Waals surface area contributed by atoms with E-state index in [1.165, 1.54) is 12.1 Å². The average Bonchev–Trinajstić information content (AvgIpc) is 2.59. The van der Waals surface area contributed by atoms with E-state index in [1.807, 2.05) is 26.0 Å². The molecule has 0 unspecified atom stereocenters. The van der Waals surface area contributed by atoms with Crippen molar-refractivity contribution < 1.29 is 83.7 Å². The predicted octanol–water partition coefficient (Wildman–Crippen LogP) is -4.16. The summed E-state index contributed by atoms with van der Waals surface area (Å²) < 4.78 is 0. The molecule has 2 rings (SSSR count). The van der Waals surface area contributed by atoms with Gasteiger partial charge in [0.25, 0.3) is 0 Å². The van der Waals surface area contributed by atoms with Crippen LogP contribution in [0.5, 0.6) is 0 Å². The van der Waals surface area contributed by atoms with Gasteiger partial charge >= 0.3 is 65.1 Å². The summed E-state index contributed by atoms with van der Waals surface area (Å²) in [7, 11) is 0. The summed E-state index contributed by atoms with van der Waals surface area (Å²) >= 11 is 0. The van der Waals surface area contributed by atoms with Crippen LogP contribution in [-0.4, -0.2) is 29.5 Å². The number of rotatable bonds is 7. The van der Waals surface area contributed by atoms with Crippen LogP contribution in [0.3, 0.4) is 0 Å². The van der Waals surface area contributed by atoms with Gasteiger partial charge in [0.1, 0.15) is 0 Å². The van der Waals surface area contributed by atoms with Gasteiger partial charge < -0.3 is 19.9 Å². The number of amides is 1. The number of hydrogen-bond acceptors (Lipinski definition) is 4. The van der Waals surface area contributed by atoms with Gasteiger partial charge in [0.15, 0.2) is 0 Å². The molecule has 0 fully saturated rings. The van der Waals surface area contributed by atoms with Gasteiger partial charge in [-0.15, -0.1) is 0 Å². The molecule has 0 aliphatic carbocycles. The molecule has 0 aliphatic rings. The van der Waals surface area contributed by atoms with E-state index in [2.05, 4.69) is 0 Å². The van der Waals surface area contributed by atoms with E-state index in [4.69, 9.17) is 5.11 Å². The first-order valence-corrected chi connectivity index (χ1v) is 8.20. The maximum Gasteiger partial charge on any atom is 1.00 e. The Hall–Kier alpha value is -1.15. The van der Waals surface area contributed by atoms with E-state index < -0.39 is 24.4 Å². The summed E-state index contributed by atoms with van der Waals surface area (Å²) in [5, 5.41) is 20.1. The van der Waals surface area contributed by atoms with Gasteiger partial charge in [0.2, 0.25) is 5.91 Å². The smallest absolute Gasteiger partial charge is 0.548 e. The Morgan fingerprint density at radius 2 is 1.64 bits per heavy atom. The number of carbonyl (C=O) groups is 3. The average molecular weight is 400 g/mol. The molecule has 0 atom stereocenters. The Morgan fingerprint density at radius 1 is 1.04 bits per heavy atom. The monoisotopic (exact) mass is 400 g/mol. The molecule has 8 heteroatoms. The Labute approximate surface area is 208 Å². The predicted molar refractivity (Wildman–Crippen MR) is 95.0 cm³/mol. The number of carboxylic acids is 2. The summed E-state index contributed by atoms with van der Waals surface area (Å²) in [6, 6.07) is 13.1. The molecular weight excluding hydrogens is 380 g/mol. The number of carboxylic acid groups (broad SMARTS) is 2. The van der Waals surface area contributed by atoms with E-state index in [0.29, 0.717) is 17.2 Å². The van der Waals surface area contributed by atoms with Crippen LogP contribution >= 0.6 is 0 Å². The van der Waals surface area contributed by atoms with Crippen LogP contribution in [-0.2, 0) is 16.0 Å². The molecule has 0 radical (unpaired) electrons. The molecule has 2 aromatic carbocycles. The second kappa shape index (κ2) is 12.4. The summed E-state index contributed by atoms with van der Waals surface area (Å²) in [5.41, 5.74) is 2.10. The van der Waals surface area contributed by atoms with Crippen molar-refractivity contribution in [1.82, 2.24) is 0 Å². The largest absolute Gasteiger partial charge is 1.00 e. The van der Waals surface area contributed by atoms with E-state index in [0.717, 1.165) is 10.5 Å². The fourth-order valence-electron chi connectivity index (χ4n) is 2.58. The third-order valence-corrected chi connectivity index (χ3v) is 3.99. The van der Waals surface area contributed by atoms with E-state index in [-0.39, 0.29) is 71.1 Å². The van der Waals surface area contributed by atoms with E-state index in [9.17, 15) is 19.5 Å². The fraction of sp³-hybridized carbons (Fsp3) is 0.250. The van der Waals surface area contributed by atoms with Crippen LogP contribution in [0, 0.1) is 0 Å². The van der Waals surface area contributed by atoms with Gasteiger partial charge in [0.05, 0.1) is 24.5 Å². The maximum atomic E-state index is 12.6. The molecule has 0 aromatic heterocycles. The van der Waals surface area contributed by atoms with Crippen LogP contribution in [0.25, 0.3) is 0 Å². The van der Waals surface area contributed by atoms with Gasteiger partial charge in [-0.3, -0.25) is 4.79 Å². The number of benzene rings is 2. The van der Waals surface area contributed by atoms with Crippen LogP contribution in [0.15, 0.2) is 48.5 Å². The Balaban J connectivity index is 0.00000364.